The second-order valence-electron chi connectivity index (χ2n) is 4.20. The van der Waals surface area contributed by atoms with E-state index in [2.05, 4.69) is 10.3 Å². The monoisotopic (exact) mass is 277 g/mol. The molecular weight excluding hydrogens is 262 g/mol. The van der Waals surface area contributed by atoms with Gasteiger partial charge in [-0.2, -0.15) is 0 Å². The van der Waals surface area contributed by atoms with Crippen molar-refractivity contribution in [2.24, 2.45) is 0 Å². The van der Waals surface area contributed by atoms with E-state index in [1.165, 1.54) is 5.56 Å². The molecule has 0 aliphatic heterocycles. The number of hydrogen-bond donors (Lipinski definition) is 2. The number of nitrogen functional groups attached to an aromatic ring is 1. The van der Waals surface area contributed by atoms with Crippen LogP contribution in [0.5, 0.6) is 5.75 Å². The number of ether oxygens (including phenoxy) is 1. The van der Waals surface area contributed by atoms with Gasteiger partial charge in [-0.1, -0.05) is 23.7 Å². The Morgan fingerprint density at radius 2 is 2.16 bits per heavy atom. The van der Waals surface area contributed by atoms with E-state index in [4.69, 9.17) is 22.1 Å². The Morgan fingerprint density at radius 3 is 2.89 bits per heavy atom. The largest absolute Gasteiger partial charge is 0.492 e. The van der Waals surface area contributed by atoms with Gasteiger partial charge in [0, 0.05) is 11.8 Å². The first-order chi connectivity index (χ1) is 9.13. The summed E-state index contributed by atoms with van der Waals surface area (Å²) in [5.41, 5.74) is 7.44. The van der Waals surface area contributed by atoms with Gasteiger partial charge >= 0.3 is 0 Å². The Balaban J connectivity index is 1.80. The highest BCUT2D eigenvalue weighted by atomic mass is 35.5. The van der Waals surface area contributed by atoms with E-state index in [0.29, 0.717) is 29.8 Å². The lowest BCUT2D eigenvalue weighted by Gasteiger charge is -2.09. The molecule has 0 atom stereocenters. The van der Waals surface area contributed by atoms with Crippen molar-refractivity contribution in [3.05, 3.63) is 47.1 Å². The molecule has 0 saturated heterocycles. The Bertz CT molecular complexity index is 540. The van der Waals surface area contributed by atoms with E-state index >= 15 is 0 Å². The third-order valence-electron chi connectivity index (χ3n) is 2.48. The maximum atomic E-state index is 5.81. The molecule has 0 fully saturated rings. The van der Waals surface area contributed by atoms with Gasteiger partial charge in [0.15, 0.2) is 0 Å². The molecule has 100 valence electrons. The van der Waals surface area contributed by atoms with Crippen LogP contribution in [-0.2, 0) is 0 Å². The number of benzene rings is 1. The SMILES string of the molecule is Cc1cccc(OCCNc2cc(N)cc(Cl)n2)c1. The molecular formula is C14H16ClN3O. The molecule has 0 radical (unpaired) electrons. The molecule has 5 heteroatoms. The van der Waals surface area contributed by atoms with Crippen molar-refractivity contribution in [3.63, 3.8) is 0 Å². The first kappa shape index (κ1) is 13.5. The highest BCUT2D eigenvalue weighted by Gasteiger charge is 1.99. The highest BCUT2D eigenvalue weighted by molar-refractivity contribution is 6.29. The van der Waals surface area contributed by atoms with Crippen LogP contribution in [-0.4, -0.2) is 18.1 Å². The topological polar surface area (TPSA) is 60.2 Å². The second-order valence-corrected chi connectivity index (χ2v) is 4.59. The van der Waals surface area contributed by atoms with Crippen LogP contribution in [0.25, 0.3) is 0 Å². The average Bonchev–Trinajstić information content (AvgIpc) is 2.34. The summed E-state index contributed by atoms with van der Waals surface area (Å²) in [6.45, 7) is 3.20. The Hall–Kier alpha value is -1.94. The van der Waals surface area contributed by atoms with E-state index in [0.717, 1.165) is 5.75 Å². The van der Waals surface area contributed by atoms with Crippen molar-refractivity contribution in [1.29, 1.82) is 0 Å². The van der Waals surface area contributed by atoms with E-state index in [1.54, 1.807) is 12.1 Å². The first-order valence-electron chi connectivity index (χ1n) is 6.00. The van der Waals surface area contributed by atoms with Gasteiger partial charge in [0.1, 0.15) is 23.3 Å². The highest BCUT2D eigenvalue weighted by Crippen LogP contribution is 2.16. The van der Waals surface area contributed by atoms with E-state index in [-0.39, 0.29) is 0 Å². The molecule has 2 rings (SSSR count). The van der Waals surface area contributed by atoms with Gasteiger partial charge in [0.25, 0.3) is 0 Å². The molecule has 19 heavy (non-hydrogen) atoms. The predicted molar refractivity (Wildman–Crippen MR) is 78.8 cm³/mol. The van der Waals surface area contributed by atoms with Gasteiger partial charge in [0.05, 0.1) is 6.54 Å². The van der Waals surface area contributed by atoms with Crippen molar-refractivity contribution in [1.82, 2.24) is 4.98 Å². The molecule has 0 amide bonds. The van der Waals surface area contributed by atoms with Crippen LogP contribution in [0.1, 0.15) is 5.56 Å². The van der Waals surface area contributed by atoms with Crippen LogP contribution < -0.4 is 15.8 Å². The molecule has 1 aromatic heterocycles. The van der Waals surface area contributed by atoms with Gasteiger partial charge in [0.2, 0.25) is 0 Å². The second kappa shape index (κ2) is 6.29. The number of aryl methyl sites for hydroxylation is 1. The third-order valence-corrected chi connectivity index (χ3v) is 2.68. The zero-order chi connectivity index (χ0) is 13.7. The molecule has 2 aromatic rings. The van der Waals surface area contributed by atoms with Gasteiger partial charge in [-0.05, 0) is 30.7 Å². The van der Waals surface area contributed by atoms with Crippen molar-refractivity contribution in [3.8, 4) is 5.75 Å². The summed E-state index contributed by atoms with van der Waals surface area (Å²) < 4.78 is 5.61. The predicted octanol–water partition coefficient (Wildman–Crippen LogP) is 3.12. The molecule has 3 N–H and O–H groups in total. The molecule has 0 spiro atoms. The molecule has 0 unspecified atom stereocenters. The van der Waals surface area contributed by atoms with E-state index in [1.807, 2.05) is 31.2 Å². The van der Waals surface area contributed by atoms with Crippen LogP contribution >= 0.6 is 11.6 Å². The summed E-state index contributed by atoms with van der Waals surface area (Å²) in [5, 5.41) is 3.49. The smallest absolute Gasteiger partial charge is 0.133 e. The summed E-state index contributed by atoms with van der Waals surface area (Å²) in [6, 6.07) is 11.3. The zero-order valence-corrected chi connectivity index (χ0v) is 11.4. The first-order valence-corrected chi connectivity index (χ1v) is 6.38. The van der Waals surface area contributed by atoms with Gasteiger partial charge in [-0.15, -0.1) is 0 Å². The fraction of sp³-hybridized carbons (Fsp3) is 0.214. The Kier molecular flexibility index (Phi) is 4.47. The molecule has 1 heterocycles. The molecule has 4 nitrogen and oxygen atoms in total. The lowest BCUT2D eigenvalue weighted by Crippen LogP contribution is -2.12. The zero-order valence-electron chi connectivity index (χ0n) is 10.7. The normalized spacial score (nSPS) is 10.2. The maximum absolute atomic E-state index is 5.81. The van der Waals surface area contributed by atoms with Crippen LogP contribution in [0.3, 0.4) is 0 Å². The number of rotatable bonds is 5. The molecule has 0 aliphatic carbocycles. The van der Waals surface area contributed by atoms with Crippen molar-refractivity contribution in [2.75, 3.05) is 24.2 Å². The van der Waals surface area contributed by atoms with Gasteiger partial charge in [-0.3, -0.25) is 0 Å². The standard InChI is InChI=1S/C14H16ClN3O/c1-10-3-2-4-12(7-10)19-6-5-17-14-9-11(16)8-13(15)18-14/h2-4,7-9H,5-6H2,1H3,(H3,16,17,18). The number of aromatic nitrogens is 1. The molecule has 0 saturated carbocycles. The number of anilines is 2. The maximum Gasteiger partial charge on any atom is 0.133 e. The summed E-state index contributed by atoms with van der Waals surface area (Å²) in [5.74, 6) is 1.51. The lowest BCUT2D eigenvalue weighted by molar-refractivity contribution is 0.332. The molecule has 0 bridgehead atoms. The fourth-order valence-corrected chi connectivity index (χ4v) is 1.88. The number of pyridine rings is 1. The quantitative estimate of drug-likeness (QED) is 0.651. The third kappa shape index (κ3) is 4.34. The number of hydrogen-bond acceptors (Lipinski definition) is 4. The summed E-state index contributed by atoms with van der Waals surface area (Å²) in [7, 11) is 0. The van der Waals surface area contributed by atoms with Crippen LogP contribution in [0.2, 0.25) is 5.15 Å². The number of nitrogens with one attached hydrogen (secondary N) is 1. The summed E-state index contributed by atoms with van der Waals surface area (Å²) in [4.78, 5) is 4.11. The van der Waals surface area contributed by atoms with E-state index < -0.39 is 0 Å². The van der Waals surface area contributed by atoms with Gasteiger partial charge in [-0.25, -0.2) is 4.98 Å². The Labute approximate surface area is 117 Å². The van der Waals surface area contributed by atoms with Crippen LogP contribution in [0.15, 0.2) is 36.4 Å². The van der Waals surface area contributed by atoms with E-state index in [9.17, 15) is 0 Å². The fourth-order valence-electron chi connectivity index (χ4n) is 1.66. The number of nitrogens with zero attached hydrogens (tertiary/aromatic N) is 1. The lowest BCUT2D eigenvalue weighted by atomic mass is 10.2. The minimum absolute atomic E-state index is 0.377. The van der Waals surface area contributed by atoms with Crippen molar-refractivity contribution < 1.29 is 4.74 Å². The summed E-state index contributed by atoms with van der Waals surface area (Å²) >= 11 is 5.81. The number of nitrogens with two attached hydrogens (primary N) is 1. The Morgan fingerprint density at radius 1 is 1.32 bits per heavy atom. The van der Waals surface area contributed by atoms with Crippen molar-refractivity contribution in [2.45, 2.75) is 6.92 Å². The van der Waals surface area contributed by atoms with Crippen molar-refractivity contribution >= 4 is 23.1 Å². The molecule has 0 aliphatic rings. The van der Waals surface area contributed by atoms with Crippen LogP contribution in [0, 0.1) is 6.92 Å². The average molecular weight is 278 g/mol. The molecule has 1 aromatic carbocycles. The summed E-state index contributed by atoms with van der Waals surface area (Å²) in [6.07, 6.45) is 0. The minimum atomic E-state index is 0.377. The van der Waals surface area contributed by atoms with Crippen LogP contribution in [0.4, 0.5) is 11.5 Å². The minimum Gasteiger partial charge on any atom is -0.492 e. The number of halogens is 1. The van der Waals surface area contributed by atoms with Gasteiger partial charge < -0.3 is 15.8 Å².